The van der Waals surface area contributed by atoms with E-state index in [-0.39, 0.29) is 23.6 Å². The van der Waals surface area contributed by atoms with E-state index < -0.39 is 0 Å². The predicted molar refractivity (Wildman–Crippen MR) is 90.8 cm³/mol. The Kier molecular flexibility index (Phi) is 6.99. The standard InChI is InChI=1S/C17H26N4O3/c1-2-10-21-11-7-13(5-6-15(21)22)20-17(23)16-14(24-12-8-18)4-3-9-19-16/h3-4,9,13H,2,5-8,10-12,18H2,1H3,(H,20,23). The molecule has 0 bridgehead atoms. The fraction of sp³-hybridized carbons (Fsp3) is 0.588. The lowest BCUT2D eigenvalue weighted by molar-refractivity contribution is -0.130. The molecule has 1 atom stereocenters. The molecule has 1 fully saturated rings. The summed E-state index contributed by atoms with van der Waals surface area (Å²) in [4.78, 5) is 30.6. The molecule has 2 heterocycles. The van der Waals surface area contributed by atoms with Gasteiger partial charge in [-0.3, -0.25) is 9.59 Å². The van der Waals surface area contributed by atoms with Gasteiger partial charge in [0.2, 0.25) is 5.91 Å². The smallest absolute Gasteiger partial charge is 0.273 e. The molecule has 1 saturated heterocycles. The van der Waals surface area contributed by atoms with Gasteiger partial charge >= 0.3 is 0 Å². The molecule has 7 nitrogen and oxygen atoms in total. The summed E-state index contributed by atoms with van der Waals surface area (Å²) in [6, 6.07) is 3.39. The van der Waals surface area contributed by atoms with Crippen LogP contribution in [0.15, 0.2) is 18.3 Å². The summed E-state index contributed by atoms with van der Waals surface area (Å²) >= 11 is 0. The topological polar surface area (TPSA) is 97.6 Å². The van der Waals surface area contributed by atoms with Crippen molar-refractivity contribution in [2.75, 3.05) is 26.2 Å². The Morgan fingerprint density at radius 3 is 3.08 bits per heavy atom. The van der Waals surface area contributed by atoms with E-state index in [0.717, 1.165) is 19.4 Å². The van der Waals surface area contributed by atoms with Crippen molar-refractivity contribution in [2.24, 2.45) is 5.73 Å². The highest BCUT2D eigenvalue weighted by atomic mass is 16.5. The number of likely N-dealkylation sites (tertiary alicyclic amines) is 1. The van der Waals surface area contributed by atoms with Gasteiger partial charge < -0.3 is 20.7 Å². The van der Waals surface area contributed by atoms with Crippen LogP contribution in [-0.4, -0.2) is 54.0 Å². The number of aromatic nitrogens is 1. The van der Waals surface area contributed by atoms with Crippen LogP contribution in [0.1, 0.15) is 43.1 Å². The maximum Gasteiger partial charge on any atom is 0.273 e. The van der Waals surface area contributed by atoms with Gasteiger partial charge in [-0.25, -0.2) is 4.98 Å². The van der Waals surface area contributed by atoms with Gasteiger partial charge in [-0.1, -0.05) is 6.92 Å². The zero-order valence-corrected chi connectivity index (χ0v) is 14.2. The molecule has 0 saturated carbocycles. The van der Waals surface area contributed by atoms with Crippen molar-refractivity contribution in [3.8, 4) is 5.75 Å². The highest BCUT2D eigenvalue weighted by Crippen LogP contribution is 2.17. The van der Waals surface area contributed by atoms with Gasteiger partial charge in [-0.2, -0.15) is 0 Å². The summed E-state index contributed by atoms with van der Waals surface area (Å²) in [7, 11) is 0. The van der Waals surface area contributed by atoms with Crippen molar-refractivity contribution in [2.45, 2.75) is 38.6 Å². The molecule has 0 spiro atoms. The number of ether oxygens (including phenoxy) is 1. The van der Waals surface area contributed by atoms with Crippen molar-refractivity contribution in [3.05, 3.63) is 24.0 Å². The van der Waals surface area contributed by atoms with Crippen molar-refractivity contribution < 1.29 is 14.3 Å². The van der Waals surface area contributed by atoms with Crippen molar-refractivity contribution in [3.63, 3.8) is 0 Å². The van der Waals surface area contributed by atoms with Crippen LogP contribution >= 0.6 is 0 Å². The van der Waals surface area contributed by atoms with Gasteiger partial charge in [-0.05, 0) is 31.4 Å². The maximum absolute atomic E-state index is 12.5. The number of hydrogen-bond acceptors (Lipinski definition) is 5. The average molecular weight is 334 g/mol. The third-order valence-corrected chi connectivity index (χ3v) is 4.00. The summed E-state index contributed by atoms with van der Waals surface area (Å²) in [5.74, 6) is 0.320. The number of hydrogen-bond donors (Lipinski definition) is 2. The third-order valence-electron chi connectivity index (χ3n) is 4.00. The van der Waals surface area contributed by atoms with Gasteiger partial charge in [0, 0.05) is 38.3 Å². The summed E-state index contributed by atoms with van der Waals surface area (Å²) < 4.78 is 5.48. The van der Waals surface area contributed by atoms with E-state index >= 15 is 0 Å². The Labute approximate surface area is 142 Å². The Morgan fingerprint density at radius 1 is 1.50 bits per heavy atom. The molecule has 3 N–H and O–H groups in total. The molecular formula is C17H26N4O3. The number of carbonyl (C=O) groups is 2. The molecule has 132 valence electrons. The molecule has 1 aliphatic rings. The lowest BCUT2D eigenvalue weighted by Crippen LogP contribution is -2.36. The van der Waals surface area contributed by atoms with E-state index in [9.17, 15) is 9.59 Å². The van der Waals surface area contributed by atoms with Crippen LogP contribution in [0, 0.1) is 0 Å². The van der Waals surface area contributed by atoms with E-state index in [2.05, 4.69) is 17.2 Å². The molecular weight excluding hydrogens is 308 g/mol. The summed E-state index contributed by atoms with van der Waals surface area (Å²) in [6.07, 6.45) is 4.37. The molecule has 1 aromatic rings. The second kappa shape index (κ2) is 9.22. The fourth-order valence-electron chi connectivity index (χ4n) is 2.79. The van der Waals surface area contributed by atoms with Crippen LogP contribution in [-0.2, 0) is 4.79 Å². The third kappa shape index (κ3) is 4.92. The van der Waals surface area contributed by atoms with Crippen LogP contribution in [0.5, 0.6) is 5.75 Å². The molecule has 2 rings (SSSR count). The van der Waals surface area contributed by atoms with Gasteiger partial charge in [-0.15, -0.1) is 0 Å². The maximum atomic E-state index is 12.5. The highest BCUT2D eigenvalue weighted by molar-refractivity contribution is 5.95. The van der Waals surface area contributed by atoms with Crippen LogP contribution < -0.4 is 15.8 Å². The van der Waals surface area contributed by atoms with Crippen molar-refractivity contribution in [1.29, 1.82) is 0 Å². The lowest BCUT2D eigenvalue weighted by atomic mass is 10.1. The first kappa shape index (κ1) is 18.2. The molecule has 24 heavy (non-hydrogen) atoms. The highest BCUT2D eigenvalue weighted by Gasteiger charge is 2.24. The Hall–Kier alpha value is -2.15. The average Bonchev–Trinajstić information content (AvgIpc) is 2.76. The summed E-state index contributed by atoms with van der Waals surface area (Å²) in [5.41, 5.74) is 5.69. The number of pyridine rings is 1. The SMILES string of the molecule is CCCN1CCC(NC(=O)c2ncccc2OCCN)CCC1=O. The molecule has 0 radical (unpaired) electrons. The number of amides is 2. The second-order valence-corrected chi connectivity index (χ2v) is 5.87. The quantitative estimate of drug-likeness (QED) is 0.773. The number of rotatable bonds is 7. The monoisotopic (exact) mass is 334 g/mol. The van der Waals surface area contributed by atoms with E-state index in [4.69, 9.17) is 10.5 Å². The lowest BCUT2D eigenvalue weighted by Gasteiger charge is -2.20. The first-order chi connectivity index (χ1) is 11.7. The molecule has 1 aliphatic heterocycles. The second-order valence-electron chi connectivity index (χ2n) is 5.87. The normalized spacial score (nSPS) is 18.2. The Balaban J connectivity index is 1.98. The van der Waals surface area contributed by atoms with Crippen LogP contribution in [0.3, 0.4) is 0 Å². The van der Waals surface area contributed by atoms with Gasteiger partial charge in [0.25, 0.3) is 5.91 Å². The molecule has 2 amide bonds. The minimum absolute atomic E-state index is 0.0346. The largest absolute Gasteiger partial charge is 0.490 e. The Morgan fingerprint density at radius 2 is 2.33 bits per heavy atom. The first-order valence-corrected chi connectivity index (χ1v) is 8.52. The van der Waals surface area contributed by atoms with Crippen LogP contribution in [0.25, 0.3) is 0 Å². The van der Waals surface area contributed by atoms with E-state index in [0.29, 0.717) is 38.3 Å². The van der Waals surface area contributed by atoms with Crippen molar-refractivity contribution in [1.82, 2.24) is 15.2 Å². The Bertz CT molecular complexity index is 565. The number of nitrogens with two attached hydrogens (primary N) is 1. The molecule has 1 aromatic heterocycles. The molecule has 1 unspecified atom stereocenters. The van der Waals surface area contributed by atoms with E-state index in [1.165, 1.54) is 0 Å². The van der Waals surface area contributed by atoms with Crippen LogP contribution in [0.2, 0.25) is 0 Å². The predicted octanol–water partition coefficient (Wildman–Crippen LogP) is 0.940. The van der Waals surface area contributed by atoms with E-state index in [1.807, 2.05) is 4.90 Å². The fourth-order valence-corrected chi connectivity index (χ4v) is 2.79. The van der Waals surface area contributed by atoms with Crippen LogP contribution in [0.4, 0.5) is 0 Å². The van der Waals surface area contributed by atoms with Gasteiger partial charge in [0.05, 0.1) is 0 Å². The minimum atomic E-state index is -0.274. The van der Waals surface area contributed by atoms with E-state index in [1.54, 1.807) is 18.3 Å². The molecule has 7 heteroatoms. The van der Waals surface area contributed by atoms with Crippen molar-refractivity contribution >= 4 is 11.8 Å². The van der Waals surface area contributed by atoms with Gasteiger partial charge in [0.1, 0.15) is 6.61 Å². The zero-order valence-electron chi connectivity index (χ0n) is 14.2. The summed E-state index contributed by atoms with van der Waals surface area (Å²) in [5, 5.41) is 2.98. The number of nitrogens with one attached hydrogen (secondary N) is 1. The zero-order chi connectivity index (χ0) is 17.4. The minimum Gasteiger partial charge on any atom is -0.490 e. The molecule has 0 aromatic carbocycles. The summed E-state index contributed by atoms with van der Waals surface area (Å²) in [6.45, 7) is 4.21. The number of carbonyl (C=O) groups excluding carboxylic acids is 2. The number of nitrogens with zero attached hydrogens (tertiary/aromatic N) is 2. The first-order valence-electron chi connectivity index (χ1n) is 8.52. The molecule has 0 aliphatic carbocycles. The van der Waals surface area contributed by atoms with Gasteiger partial charge in [0.15, 0.2) is 11.4 Å².